The highest BCUT2D eigenvalue weighted by atomic mass is 19.1. The number of aromatic carboxylic acids is 1. The quantitative estimate of drug-likeness (QED) is 0.641. The Morgan fingerprint density at radius 2 is 2.04 bits per heavy atom. The maximum atomic E-state index is 13.6. The third-order valence-electron chi connectivity index (χ3n) is 4.39. The molecule has 1 aromatic carbocycles. The van der Waals surface area contributed by atoms with Crippen molar-refractivity contribution in [3.63, 3.8) is 0 Å². The summed E-state index contributed by atoms with van der Waals surface area (Å²) in [5.41, 5.74) is 0.808. The van der Waals surface area contributed by atoms with Crippen LogP contribution in [0.1, 0.15) is 28.8 Å². The van der Waals surface area contributed by atoms with Crippen molar-refractivity contribution in [2.24, 2.45) is 5.92 Å². The van der Waals surface area contributed by atoms with Gasteiger partial charge < -0.3 is 14.6 Å². The van der Waals surface area contributed by atoms with Gasteiger partial charge in [0, 0.05) is 23.9 Å². The maximum Gasteiger partial charge on any atom is 0.335 e. The van der Waals surface area contributed by atoms with Crippen molar-refractivity contribution >= 4 is 5.97 Å². The van der Waals surface area contributed by atoms with Gasteiger partial charge in [0.15, 0.2) is 5.82 Å². The molecule has 0 atom stereocenters. The van der Waals surface area contributed by atoms with E-state index in [0.717, 1.165) is 12.8 Å². The molecule has 2 heterocycles. The molecule has 0 spiro atoms. The van der Waals surface area contributed by atoms with Crippen molar-refractivity contribution in [3.8, 4) is 17.4 Å². The minimum absolute atomic E-state index is 0.0979. The smallest absolute Gasteiger partial charge is 0.335 e. The zero-order chi connectivity index (χ0) is 19.5. The second-order valence-electron chi connectivity index (χ2n) is 6.58. The Morgan fingerprint density at radius 1 is 1.18 bits per heavy atom. The number of pyridine rings is 1. The van der Waals surface area contributed by atoms with E-state index in [1.807, 2.05) is 0 Å². The van der Waals surface area contributed by atoms with Crippen molar-refractivity contribution in [2.75, 3.05) is 6.61 Å². The van der Waals surface area contributed by atoms with E-state index in [1.54, 1.807) is 12.1 Å². The molecule has 4 rings (SSSR count). The molecule has 144 valence electrons. The van der Waals surface area contributed by atoms with E-state index in [-0.39, 0.29) is 18.0 Å². The first-order chi connectivity index (χ1) is 13.6. The van der Waals surface area contributed by atoms with Crippen molar-refractivity contribution in [1.82, 2.24) is 14.8 Å². The minimum Gasteiger partial charge on any atom is -0.493 e. The van der Waals surface area contributed by atoms with Gasteiger partial charge in [0.25, 0.3) is 0 Å². The Bertz CT molecular complexity index is 1000. The molecule has 28 heavy (non-hydrogen) atoms. The molecule has 7 nitrogen and oxygen atoms in total. The molecule has 0 unspecified atom stereocenters. The molecule has 0 radical (unpaired) electrons. The summed E-state index contributed by atoms with van der Waals surface area (Å²) in [5, 5.41) is 13.3. The first-order valence-corrected chi connectivity index (χ1v) is 8.88. The summed E-state index contributed by atoms with van der Waals surface area (Å²) >= 11 is 0. The highest BCUT2D eigenvalue weighted by molar-refractivity contribution is 5.87. The van der Waals surface area contributed by atoms with Crippen LogP contribution in [-0.2, 0) is 6.61 Å². The summed E-state index contributed by atoms with van der Waals surface area (Å²) in [5.74, 6) is 0.294. The first-order valence-electron chi connectivity index (χ1n) is 8.88. The highest BCUT2D eigenvalue weighted by Crippen LogP contribution is 2.31. The number of hydrogen-bond donors (Lipinski definition) is 1. The summed E-state index contributed by atoms with van der Waals surface area (Å²) in [6.07, 6.45) is 5.21. The lowest BCUT2D eigenvalue weighted by Crippen LogP contribution is -2.08. The molecule has 1 fully saturated rings. The number of ether oxygens (including phenoxy) is 2. The van der Waals surface area contributed by atoms with Gasteiger partial charge in [-0.1, -0.05) is 0 Å². The molecule has 1 aliphatic carbocycles. The van der Waals surface area contributed by atoms with Gasteiger partial charge in [-0.25, -0.2) is 14.2 Å². The van der Waals surface area contributed by atoms with Crippen LogP contribution >= 0.6 is 0 Å². The fourth-order valence-electron chi connectivity index (χ4n) is 2.67. The van der Waals surface area contributed by atoms with E-state index in [1.165, 1.54) is 41.3 Å². The summed E-state index contributed by atoms with van der Waals surface area (Å²) in [7, 11) is 0. The topological polar surface area (TPSA) is 86.5 Å². The minimum atomic E-state index is -1.05. The van der Waals surface area contributed by atoms with Gasteiger partial charge in [-0.05, 0) is 43.0 Å². The van der Waals surface area contributed by atoms with E-state index >= 15 is 0 Å². The van der Waals surface area contributed by atoms with Gasteiger partial charge in [-0.3, -0.25) is 0 Å². The van der Waals surface area contributed by atoms with Crippen LogP contribution in [-0.4, -0.2) is 32.4 Å². The molecule has 2 aromatic heterocycles. The number of benzene rings is 1. The van der Waals surface area contributed by atoms with Crippen LogP contribution in [0, 0.1) is 11.7 Å². The average Bonchev–Trinajstić information content (AvgIpc) is 3.41. The molecule has 0 saturated heterocycles. The van der Waals surface area contributed by atoms with E-state index in [9.17, 15) is 9.18 Å². The van der Waals surface area contributed by atoms with Crippen LogP contribution in [0.5, 0.6) is 11.6 Å². The molecule has 0 amide bonds. The second-order valence-corrected chi connectivity index (χ2v) is 6.58. The van der Waals surface area contributed by atoms with E-state index in [2.05, 4.69) is 10.1 Å². The predicted octanol–water partition coefficient (Wildman–Crippen LogP) is 3.47. The first kappa shape index (κ1) is 18.0. The van der Waals surface area contributed by atoms with Crippen LogP contribution < -0.4 is 9.47 Å². The number of carboxylic acids is 1. The average molecular weight is 383 g/mol. The van der Waals surface area contributed by atoms with Crippen molar-refractivity contribution < 1.29 is 23.8 Å². The molecule has 8 heteroatoms. The Hall–Kier alpha value is -3.42. The largest absolute Gasteiger partial charge is 0.493 e. The lowest BCUT2D eigenvalue weighted by molar-refractivity contribution is 0.0696. The standard InChI is InChI=1S/C20H18FN3O4/c21-16-4-3-15(17(10-16)27-11-13-1-2-13)12-28-19-6-8-23-24(19)18-9-14(20(25)26)5-7-22-18/h3-10,13H,1-2,11-12H2,(H,25,26). The Balaban J connectivity index is 1.51. The zero-order valence-corrected chi connectivity index (χ0v) is 14.9. The van der Waals surface area contributed by atoms with Crippen molar-refractivity contribution in [1.29, 1.82) is 0 Å². The fourth-order valence-corrected chi connectivity index (χ4v) is 2.67. The second kappa shape index (κ2) is 7.67. The molecule has 1 saturated carbocycles. The number of rotatable bonds is 8. The molecule has 0 bridgehead atoms. The third kappa shape index (κ3) is 4.11. The summed E-state index contributed by atoms with van der Waals surface area (Å²) < 4.78 is 26.6. The molecular weight excluding hydrogens is 365 g/mol. The number of halogens is 1. The highest BCUT2D eigenvalue weighted by Gasteiger charge is 2.22. The van der Waals surface area contributed by atoms with Gasteiger partial charge in [0.05, 0.1) is 18.4 Å². The van der Waals surface area contributed by atoms with E-state index < -0.39 is 5.97 Å². The maximum absolute atomic E-state index is 13.6. The SMILES string of the molecule is O=C(O)c1ccnc(-n2nccc2OCc2ccc(F)cc2OCC2CC2)c1. The van der Waals surface area contributed by atoms with Crippen LogP contribution in [0.25, 0.3) is 5.82 Å². The third-order valence-corrected chi connectivity index (χ3v) is 4.39. The fraction of sp³-hybridized carbons (Fsp3) is 0.250. The van der Waals surface area contributed by atoms with Gasteiger partial charge in [-0.15, -0.1) is 0 Å². The van der Waals surface area contributed by atoms with E-state index in [4.69, 9.17) is 14.6 Å². The molecule has 1 aliphatic rings. The van der Waals surface area contributed by atoms with Crippen LogP contribution in [0.4, 0.5) is 4.39 Å². The van der Waals surface area contributed by atoms with Gasteiger partial charge >= 0.3 is 5.97 Å². The van der Waals surface area contributed by atoms with Gasteiger partial charge in [0.2, 0.25) is 5.88 Å². The zero-order valence-electron chi connectivity index (χ0n) is 14.9. The summed E-state index contributed by atoms with van der Waals surface area (Å²) in [4.78, 5) is 15.3. The van der Waals surface area contributed by atoms with Crippen molar-refractivity contribution in [3.05, 3.63) is 65.7 Å². The molecule has 0 aliphatic heterocycles. The number of carbonyl (C=O) groups is 1. The van der Waals surface area contributed by atoms with Crippen LogP contribution in [0.2, 0.25) is 0 Å². The Kier molecular flexibility index (Phi) is 4.92. The Labute approximate surface area is 160 Å². The number of aromatic nitrogens is 3. The lowest BCUT2D eigenvalue weighted by Gasteiger charge is -2.13. The number of nitrogens with zero attached hydrogens (tertiary/aromatic N) is 3. The van der Waals surface area contributed by atoms with Gasteiger partial charge in [-0.2, -0.15) is 9.78 Å². The Morgan fingerprint density at radius 3 is 2.82 bits per heavy atom. The lowest BCUT2D eigenvalue weighted by atomic mass is 10.2. The monoisotopic (exact) mass is 383 g/mol. The summed E-state index contributed by atoms with van der Waals surface area (Å²) in [6, 6.07) is 8.79. The number of carboxylic acid groups (broad SMARTS) is 1. The van der Waals surface area contributed by atoms with Crippen molar-refractivity contribution in [2.45, 2.75) is 19.4 Å². The predicted molar refractivity (Wildman–Crippen MR) is 97.3 cm³/mol. The molecular formula is C20H18FN3O4. The normalized spacial score (nSPS) is 13.3. The molecule has 3 aromatic rings. The number of hydrogen-bond acceptors (Lipinski definition) is 5. The van der Waals surface area contributed by atoms with Crippen LogP contribution in [0.15, 0.2) is 48.8 Å². The van der Waals surface area contributed by atoms with Crippen LogP contribution in [0.3, 0.4) is 0 Å². The summed E-state index contributed by atoms with van der Waals surface area (Å²) in [6.45, 7) is 0.713. The van der Waals surface area contributed by atoms with E-state index in [0.29, 0.717) is 35.5 Å². The molecule has 1 N–H and O–H groups in total. The van der Waals surface area contributed by atoms with Gasteiger partial charge in [0.1, 0.15) is 18.2 Å².